The first-order chi connectivity index (χ1) is 9.10. The minimum atomic E-state index is -0.874. The van der Waals surface area contributed by atoms with E-state index in [1.807, 2.05) is 0 Å². The molecule has 0 aliphatic rings. The van der Waals surface area contributed by atoms with Gasteiger partial charge in [0.15, 0.2) is 5.43 Å². The molecule has 19 heavy (non-hydrogen) atoms. The fourth-order valence-electron chi connectivity index (χ4n) is 2.13. The topological polar surface area (TPSA) is 42.1 Å². The molecule has 0 aliphatic carbocycles. The molecule has 1 aromatic heterocycles. The Morgan fingerprint density at radius 1 is 1.11 bits per heavy atom. The number of pyridine rings is 1. The van der Waals surface area contributed by atoms with E-state index >= 15 is 0 Å². The third-order valence-corrected chi connectivity index (χ3v) is 3.02. The zero-order valence-corrected chi connectivity index (χ0v) is 9.96. The van der Waals surface area contributed by atoms with Gasteiger partial charge in [0.05, 0.1) is 23.5 Å². The van der Waals surface area contributed by atoms with Gasteiger partial charge < -0.3 is 9.72 Å². The van der Waals surface area contributed by atoms with Crippen molar-refractivity contribution in [3.05, 3.63) is 52.2 Å². The number of rotatable bonds is 1. The standard InChI is InChI=1S/C14H9F2NO2/c1-19-8-2-3-11-9(6-8)14(18)13-10(16)4-7(15)5-12(13)17-11/h2-6H,1H3,(H,17,18). The third-order valence-electron chi connectivity index (χ3n) is 3.02. The molecule has 0 saturated heterocycles. The average molecular weight is 261 g/mol. The molecule has 0 spiro atoms. The molecular formula is C14H9F2NO2. The summed E-state index contributed by atoms with van der Waals surface area (Å²) in [5, 5.41) is 0.152. The van der Waals surface area contributed by atoms with Crippen molar-refractivity contribution in [2.45, 2.75) is 0 Å². The number of hydrogen-bond acceptors (Lipinski definition) is 2. The van der Waals surface area contributed by atoms with Gasteiger partial charge in [-0.3, -0.25) is 4.79 Å². The van der Waals surface area contributed by atoms with Gasteiger partial charge in [-0.15, -0.1) is 0 Å². The second-order valence-corrected chi connectivity index (χ2v) is 4.18. The Kier molecular flexibility index (Phi) is 2.48. The highest BCUT2D eigenvalue weighted by molar-refractivity contribution is 5.93. The summed E-state index contributed by atoms with van der Waals surface area (Å²) in [7, 11) is 1.48. The molecule has 0 fully saturated rings. The van der Waals surface area contributed by atoms with Crippen LogP contribution in [0, 0.1) is 11.6 Å². The van der Waals surface area contributed by atoms with Gasteiger partial charge in [-0.05, 0) is 24.3 Å². The summed E-state index contributed by atoms with van der Waals surface area (Å²) in [4.78, 5) is 15.1. The van der Waals surface area contributed by atoms with Gasteiger partial charge in [0, 0.05) is 11.5 Å². The van der Waals surface area contributed by atoms with Gasteiger partial charge in [0.25, 0.3) is 0 Å². The molecular weight excluding hydrogens is 252 g/mol. The van der Waals surface area contributed by atoms with Gasteiger partial charge >= 0.3 is 0 Å². The summed E-state index contributed by atoms with van der Waals surface area (Å²) in [6, 6.07) is 6.63. The number of H-pyrrole nitrogens is 1. The first-order valence-electron chi connectivity index (χ1n) is 5.59. The molecule has 0 amide bonds. The minimum Gasteiger partial charge on any atom is -0.497 e. The van der Waals surface area contributed by atoms with Gasteiger partial charge in [0.1, 0.15) is 17.4 Å². The zero-order chi connectivity index (χ0) is 13.6. The molecule has 96 valence electrons. The second-order valence-electron chi connectivity index (χ2n) is 4.18. The summed E-state index contributed by atoms with van der Waals surface area (Å²) in [5.41, 5.74) is 0.156. The predicted octanol–water partition coefficient (Wildman–Crippen LogP) is 2.97. The molecule has 0 aliphatic heterocycles. The molecule has 0 unspecified atom stereocenters. The van der Waals surface area contributed by atoms with E-state index in [1.165, 1.54) is 13.2 Å². The smallest absolute Gasteiger partial charge is 0.200 e. The van der Waals surface area contributed by atoms with Crippen molar-refractivity contribution in [2.24, 2.45) is 0 Å². The lowest BCUT2D eigenvalue weighted by molar-refractivity contribution is 0.415. The van der Waals surface area contributed by atoms with E-state index in [4.69, 9.17) is 4.74 Å². The molecule has 2 aromatic carbocycles. The van der Waals surface area contributed by atoms with Crippen LogP contribution in [0.1, 0.15) is 0 Å². The first-order valence-corrected chi connectivity index (χ1v) is 5.59. The fourth-order valence-corrected chi connectivity index (χ4v) is 2.13. The number of hydrogen-bond donors (Lipinski definition) is 1. The molecule has 3 aromatic rings. The minimum absolute atomic E-state index is 0.139. The van der Waals surface area contributed by atoms with Crippen LogP contribution in [-0.2, 0) is 0 Å². The van der Waals surface area contributed by atoms with Crippen LogP contribution >= 0.6 is 0 Å². The Bertz CT molecular complexity index is 855. The largest absolute Gasteiger partial charge is 0.497 e. The monoisotopic (exact) mass is 261 g/mol. The van der Waals surface area contributed by atoms with Crippen molar-refractivity contribution >= 4 is 21.8 Å². The second kappa shape index (κ2) is 4.05. The number of halogens is 2. The zero-order valence-electron chi connectivity index (χ0n) is 9.96. The number of aromatic amines is 1. The average Bonchev–Trinajstić information content (AvgIpc) is 2.37. The number of benzene rings is 2. The molecule has 0 saturated carbocycles. The van der Waals surface area contributed by atoms with Crippen molar-refractivity contribution < 1.29 is 13.5 Å². The van der Waals surface area contributed by atoms with Crippen molar-refractivity contribution in [3.8, 4) is 5.75 Å². The van der Waals surface area contributed by atoms with Crippen LogP contribution in [0.15, 0.2) is 35.1 Å². The summed E-state index contributed by atoms with van der Waals surface area (Å²) >= 11 is 0. The van der Waals surface area contributed by atoms with Crippen LogP contribution in [-0.4, -0.2) is 12.1 Å². The van der Waals surface area contributed by atoms with E-state index in [2.05, 4.69) is 4.98 Å². The van der Waals surface area contributed by atoms with Crippen molar-refractivity contribution in [3.63, 3.8) is 0 Å². The highest BCUT2D eigenvalue weighted by Crippen LogP contribution is 2.21. The van der Waals surface area contributed by atoms with Crippen LogP contribution < -0.4 is 10.2 Å². The third kappa shape index (κ3) is 1.74. The van der Waals surface area contributed by atoms with E-state index in [0.717, 1.165) is 6.07 Å². The van der Waals surface area contributed by atoms with Crippen molar-refractivity contribution in [1.29, 1.82) is 0 Å². The number of ether oxygens (including phenoxy) is 1. The molecule has 0 bridgehead atoms. The lowest BCUT2D eigenvalue weighted by atomic mass is 10.1. The van der Waals surface area contributed by atoms with Crippen LogP contribution in [0.5, 0.6) is 5.75 Å². The summed E-state index contributed by atoms with van der Waals surface area (Å²) in [5.74, 6) is -1.10. The highest BCUT2D eigenvalue weighted by atomic mass is 19.1. The van der Waals surface area contributed by atoms with Crippen molar-refractivity contribution in [1.82, 2.24) is 4.98 Å². The highest BCUT2D eigenvalue weighted by Gasteiger charge is 2.12. The van der Waals surface area contributed by atoms with E-state index in [9.17, 15) is 13.6 Å². The predicted molar refractivity (Wildman–Crippen MR) is 68.5 cm³/mol. The molecule has 1 heterocycles. The molecule has 3 nitrogen and oxygen atoms in total. The maximum absolute atomic E-state index is 13.7. The quantitative estimate of drug-likeness (QED) is 0.684. The Morgan fingerprint density at radius 2 is 1.89 bits per heavy atom. The summed E-state index contributed by atoms with van der Waals surface area (Å²) < 4.78 is 31.9. The van der Waals surface area contributed by atoms with E-state index in [1.54, 1.807) is 12.1 Å². The first kappa shape index (κ1) is 11.6. The van der Waals surface area contributed by atoms with E-state index < -0.39 is 17.1 Å². The Labute approximate surface area is 106 Å². The van der Waals surface area contributed by atoms with Crippen LogP contribution in [0.3, 0.4) is 0 Å². The Hall–Kier alpha value is -2.43. The maximum Gasteiger partial charge on any atom is 0.200 e. The summed E-state index contributed by atoms with van der Waals surface area (Å²) in [6.45, 7) is 0. The van der Waals surface area contributed by atoms with Crippen molar-refractivity contribution in [2.75, 3.05) is 7.11 Å². The van der Waals surface area contributed by atoms with Crippen LogP contribution in [0.4, 0.5) is 8.78 Å². The normalized spacial score (nSPS) is 11.1. The Morgan fingerprint density at radius 3 is 2.63 bits per heavy atom. The summed E-state index contributed by atoms with van der Waals surface area (Å²) in [6.07, 6.45) is 0. The van der Waals surface area contributed by atoms with Gasteiger partial charge in [-0.25, -0.2) is 8.78 Å². The lowest BCUT2D eigenvalue weighted by Crippen LogP contribution is -2.07. The molecule has 0 radical (unpaired) electrons. The van der Waals surface area contributed by atoms with Gasteiger partial charge in [-0.1, -0.05) is 0 Å². The fraction of sp³-hybridized carbons (Fsp3) is 0.0714. The van der Waals surface area contributed by atoms with Gasteiger partial charge in [0.2, 0.25) is 0 Å². The Balaban J connectivity index is 2.53. The molecule has 5 heteroatoms. The van der Waals surface area contributed by atoms with Gasteiger partial charge in [-0.2, -0.15) is 0 Å². The van der Waals surface area contributed by atoms with Crippen LogP contribution in [0.2, 0.25) is 0 Å². The number of nitrogens with one attached hydrogen (secondary N) is 1. The maximum atomic E-state index is 13.7. The van der Waals surface area contributed by atoms with E-state index in [-0.39, 0.29) is 10.9 Å². The number of fused-ring (bicyclic) bond motifs is 2. The SMILES string of the molecule is COc1ccc2[nH]c3cc(F)cc(F)c3c(=O)c2c1. The number of methoxy groups -OCH3 is 1. The van der Waals surface area contributed by atoms with Crippen LogP contribution in [0.25, 0.3) is 21.8 Å². The number of aromatic nitrogens is 1. The molecule has 1 N–H and O–H groups in total. The lowest BCUT2D eigenvalue weighted by Gasteiger charge is -2.05. The molecule has 0 atom stereocenters. The van der Waals surface area contributed by atoms with E-state index in [0.29, 0.717) is 22.7 Å². The molecule has 3 rings (SSSR count).